The molecule has 0 saturated heterocycles. The average Bonchev–Trinajstić information content (AvgIpc) is 3.96. The summed E-state index contributed by atoms with van der Waals surface area (Å²) in [6.07, 6.45) is 26.2. The smallest absolute Gasteiger partial charge is 0.331 e. The van der Waals surface area contributed by atoms with Crippen LogP contribution in [0, 0.1) is 50.7 Å². The lowest BCUT2D eigenvalue weighted by Crippen LogP contribution is -2.83. The topological polar surface area (TPSA) is 113 Å². The fourth-order valence-corrected chi connectivity index (χ4v) is 22.9. The van der Waals surface area contributed by atoms with Gasteiger partial charge < -0.3 is 24.8 Å². The van der Waals surface area contributed by atoms with E-state index < -0.39 is 45.6 Å². The van der Waals surface area contributed by atoms with E-state index in [0.29, 0.717) is 67.6 Å². The molecule has 6 saturated carbocycles. The first-order valence-corrected chi connectivity index (χ1v) is 32.1. The number of hydrogen-bond donors (Lipinski definition) is 3. The Hall–Kier alpha value is -4.56. The summed E-state index contributed by atoms with van der Waals surface area (Å²) in [6.45, 7) is 8.51. The Bertz CT molecular complexity index is 3120. The molecule has 14 rings (SSSR count). The van der Waals surface area contributed by atoms with Gasteiger partial charge in [-0.2, -0.15) is 0 Å². The highest BCUT2D eigenvalue weighted by molar-refractivity contribution is 5.93. The van der Waals surface area contributed by atoms with Crippen molar-refractivity contribution in [2.45, 2.75) is 222 Å². The van der Waals surface area contributed by atoms with Gasteiger partial charge in [-0.25, -0.2) is 4.79 Å². The monoisotopic (exact) mass is 1080 g/mol. The van der Waals surface area contributed by atoms with Crippen LogP contribution in [0.1, 0.15) is 215 Å². The van der Waals surface area contributed by atoms with Crippen LogP contribution in [0.2, 0.25) is 0 Å². The van der Waals surface area contributed by atoms with E-state index in [1.807, 2.05) is 12.2 Å². The second-order valence-electron chi connectivity index (χ2n) is 29.4. The summed E-state index contributed by atoms with van der Waals surface area (Å²) in [7, 11) is 0. The molecule has 3 N–H and O–H groups in total. The van der Waals surface area contributed by atoms with Crippen LogP contribution in [0.3, 0.4) is 0 Å². The number of hydrogen-bond acceptors (Lipinski definition) is 7. The van der Waals surface area contributed by atoms with Gasteiger partial charge >= 0.3 is 11.9 Å². The Balaban J connectivity index is 0.900. The van der Waals surface area contributed by atoms with Gasteiger partial charge in [0.05, 0.1) is 22.7 Å². The zero-order valence-corrected chi connectivity index (χ0v) is 48.5. The van der Waals surface area contributed by atoms with Crippen molar-refractivity contribution in [3.63, 3.8) is 0 Å². The van der Waals surface area contributed by atoms with Crippen molar-refractivity contribution >= 4 is 22.7 Å². The fourth-order valence-electron chi connectivity index (χ4n) is 22.9. The lowest BCUT2D eigenvalue weighted by Gasteiger charge is -2.76. The summed E-state index contributed by atoms with van der Waals surface area (Å²) in [6, 6.07) is 34.9. The Morgan fingerprint density at radius 2 is 1.55 bits per heavy atom. The van der Waals surface area contributed by atoms with E-state index in [1.54, 1.807) is 33.7 Å². The lowest BCUT2D eigenvalue weighted by molar-refractivity contribution is -0.362. The molecule has 80 heavy (non-hydrogen) atoms. The van der Waals surface area contributed by atoms with Crippen LogP contribution >= 0.6 is 0 Å². The first-order valence-electron chi connectivity index (χ1n) is 32.1. The van der Waals surface area contributed by atoms with Crippen molar-refractivity contribution in [2.24, 2.45) is 50.7 Å². The SMILES string of the molecule is CC(=O)O[C@@H]1C[C@]2(C)C=C[C@@](O)(CC[C@H](C)CCCc3ccccc3)[C@@]3([C@@H](O)CC[C@@](C)([C@H]4CC[C@@]56CC7(CCCC7)[C@H]7C[C@@]8(c9ccccc9)CCCC[C@H]8c8ccc9cccc(c9c8[C@@H]75)[C@H]6C4)[C@H]13)[C@@]2(O)CCC1=CC(=O)OC1. The van der Waals surface area contributed by atoms with E-state index in [-0.39, 0.29) is 47.6 Å². The highest BCUT2D eigenvalue weighted by Gasteiger charge is 2.82. The van der Waals surface area contributed by atoms with Crippen molar-refractivity contribution in [3.8, 4) is 0 Å². The van der Waals surface area contributed by atoms with E-state index >= 15 is 0 Å². The molecule has 0 unspecified atom stereocenters. The molecule has 10 aliphatic rings. The maximum absolute atomic E-state index is 14.6. The summed E-state index contributed by atoms with van der Waals surface area (Å²) < 4.78 is 12.2. The average molecular weight is 1080 g/mol. The molecule has 0 radical (unpaired) electrons. The third kappa shape index (κ3) is 7.52. The molecular weight excluding hydrogens is 989 g/mol. The number of carbonyl (C=O) groups is 2. The van der Waals surface area contributed by atoms with Gasteiger partial charge in [0.1, 0.15) is 12.7 Å². The van der Waals surface area contributed by atoms with Crippen molar-refractivity contribution < 1.29 is 34.4 Å². The molecule has 424 valence electrons. The van der Waals surface area contributed by atoms with Crippen molar-refractivity contribution in [3.05, 3.63) is 143 Å². The number of aliphatic hydroxyl groups is 3. The Morgan fingerprint density at radius 3 is 2.31 bits per heavy atom. The van der Waals surface area contributed by atoms with Gasteiger partial charge in [0.15, 0.2) is 0 Å². The van der Waals surface area contributed by atoms with Crippen LogP contribution < -0.4 is 0 Å². The standard InChI is InChI=1S/C73H90O7/c1-47(17-15-20-49-18-7-5-8-19-49)28-37-71(77)40-39-66(3)44-59(80-48(2)74)65-67(4,35-31-60(75)73(65,71)72(66,78)38-29-50-41-61(76)79-45-50)53-30-36-70-46-68(32-13-14-33-68)58-43-69(52-22-9-6-10-23-52)34-12-11-25-56(69)55-27-26-51-21-16-24-54(57(70)42-53)62(51)63(55)64(58)70/h5-10,16,18-19,21-24,26-27,39-41,47,53,56-60,64-65,75,77-78H,11-15,17,20,25,28-38,42-46H2,1-4H3/t47-,53+,56+,57-,58+,59-,60+,64-,65+,66+,67+,69-,70+,71+,72-,73+/m1/s1. The number of rotatable bonds is 13. The normalized spacial score (nSPS) is 41.0. The number of cyclic esters (lactones) is 1. The summed E-state index contributed by atoms with van der Waals surface area (Å²) in [5.41, 5.74) is 2.87. The Kier molecular flexibility index (Phi) is 12.9. The first-order chi connectivity index (χ1) is 38.5. The molecule has 7 nitrogen and oxygen atoms in total. The Morgan fingerprint density at radius 1 is 0.775 bits per heavy atom. The Labute approximate surface area is 476 Å². The van der Waals surface area contributed by atoms with Crippen LogP contribution in [-0.4, -0.2) is 57.3 Å². The van der Waals surface area contributed by atoms with Crippen LogP contribution in [-0.2, 0) is 30.9 Å². The second-order valence-corrected chi connectivity index (χ2v) is 29.4. The lowest BCUT2D eigenvalue weighted by atomic mass is 9.31. The van der Waals surface area contributed by atoms with Crippen molar-refractivity contribution in [2.75, 3.05) is 6.61 Å². The molecule has 4 aromatic rings. The van der Waals surface area contributed by atoms with E-state index in [0.717, 1.165) is 44.1 Å². The summed E-state index contributed by atoms with van der Waals surface area (Å²) in [5, 5.41) is 45.4. The number of esters is 2. The van der Waals surface area contributed by atoms with E-state index in [1.165, 1.54) is 82.1 Å². The quantitative estimate of drug-likeness (QED) is 0.0903. The van der Waals surface area contributed by atoms with Crippen molar-refractivity contribution in [1.82, 2.24) is 0 Å². The molecule has 16 atom stereocenters. The van der Waals surface area contributed by atoms with E-state index in [9.17, 15) is 24.9 Å². The number of ether oxygens (including phenoxy) is 2. The maximum Gasteiger partial charge on any atom is 0.331 e. The minimum absolute atomic E-state index is 0.0944. The summed E-state index contributed by atoms with van der Waals surface area (Å²) in [5.74, 6) is 1.05. The predicted octanol–water partition coefficient (Wildman–Crippen LogP) is 15.2. The first kappa shape index (κ1) is 53.4. The van der Waals surface area contributed by atoms with Crippen LogP contribution in [0.4, 0.5) is 0 Å². The number of benzene rings is 4. The van der Waals surface area contributed by atoms with Crippen LogP contribution in [0.25, 0.3) is 10.8 Å². The largest absolute Gasteiger partial charge is 0.462 e. The molecule has 3 spiro atoms. The summed E-state index contributed by atoms with van der Waals surface area (Å²) in [4.78, 5) is 26.4. The zero-order valence-electron chi connectivity index (χ0n) is 48.5. The fraction of sp³-hybridized carbons (Fsp3) is 0.616. The molecule has 1 aliphatic heterocycles. The number of aliphatic hydroxyl groups excluding tert-OH is 1. The highest BCUT2D eigenvalue weighted by atomic mass is 16.5. The summed E-state index contributed by atoms with van der Waals surface area (Å²) >= 11 is 0. The van der Waals surface area contributed by atoms with Gasteiger partial charge in [-0.3, -0.25) is 4.79 Å². The number of aryl methyl sites for hydroxylation is 1. The van der Waals surface area contributed by atoms with Gasteiger partial charge in [-0.05, 0) is 211 Å². The third-order valence-electron chi connectivity index (χ3n) is 26.0. The predicted molar refractivity (Wildman–Crippen MR) is 315 cm³/mol. The molecule has 2 bridgehead atoms. The molecule has 1 heterocycles. The minimum atomic E-state index is -1.64. The maximum atomic E-state index is 14.6. The van der Waals surface area contributed by atoms with Crippen LogP contribution in [0.15, 0.2) is 115 Å². The molecule has 9 aliphatic carbocycles. The van der Waals surface area contributed by atoms with Gasteiger partial charge in [-0.1, -0.05) is 156 Å². The molecule has 7 heteroatoms. The van der Waals surface area contributed by atoms with Gasteiger partial charge in [0.2, 0.25) is 0 Å². The molecule has 6 fully saturated rings. The van der Waals surface area contributed by atoms with Gasteiger partial charge in [0, 0.05) is 29.7 Å². The highest BCUT2D eigenvalue weighted by Crippen LogP contribution is 2.82. The third-order valence-corrected chi connectivity index (χ3v) is 26.0. The molecule has 4 aromatic carbocycles. The van der Waals surface area contributed by atoms with Crippen LogP contribution in [0.5, 0.6) is 0 Å². The molecular formula is C73H90O7. The van der Waals surface area contributed by atoms with Gasteiger partial charge in [-0.15, -0.1) is 0 Å². The number of fused-ring (bicyclic) bond motifs is 5. The van der Waals surface area contributed by atoms with Gasteiger partial charge in [0.25, 0.3) is 0 Å². The van der Waals surface area contributed by atoms with E-state index in [4.69, 9.17) is 9.47 Å². The molecule has 0 amide bonds. The van der Waals surface area contributed by atoms with Crippen molar-refractivity contribution in [1.29, 1.82) is 0 Å². The second kappa shape index (κ2) is 19.2. The van der Waals surface area contributed by atoms with E-state index in [2.05, 4.69) is 112 Å². The minimum Gasteiger partial charge on any atom is -0.462 e. The number of carbonyl (C=O) groups excluding carboxylic acids is 2. The zero-order chi connectivity index (χ0) is 55.1. The molecule has 0 aromatic heterocycles.